The van der Waals surface area contributed by atoms with Gasteiger partial charge < -0.3 is 4.74 Å². The second kappa shape index (κ2) is 5.77. The van der Waals surface area contributed by atoms with Gasteiger partial charge in [0.05, 0.1) is 5.69 Å². The molecule has 1 aromatic heterocycles. The third kappa shape index (κ3) is 4.23. The zero-order valence-electron chi connectivity index (χ0n) is 12.1. The number of H-pyrrole nitrogens is 1. The highest BCUT2D eigenvalue weighted by atomic mass is 35.5. The minimum absolute atomic E-state index is 0.149. The molecule has 0 fully saturated rings. The van der Waals surface area contributed by atoms with E-state index in [-0.39, 0.29) is 12.1 Å². The smallest absolute Gasteiger partial charge is 0.328 e. The molecule has 21 heavy (non-hydrogen) atoms. The Hall–Kier alpha value is -2.01. The predicted octanol–water partition coefficient (Wildman–Crippen LogP) is 2.84. The summed E-state index contributed by atoms with van der Waals surface area (Å²) < 4.78 is 6.41. The van der Waals surface area contributed by atoms with E-state index in [2.05, 4.69) is 5.10 Å². The number of benzene rings is 1. The molecule has 0 saturated heterocycles. The van der Waals surface area contributed by atoms with Crippen LogP contribution in [0.15, 0.2) is 35.1 Å². The van der Waals surface area contributed by atoms with Gasteiger partial charge in [0.15, 0.2) is 0 Å². The molecule has 1 aromatic carbocycles. The number of hydrogen-bond acceptors (Lipinski definition) is 3. The third-order valence-corrected chi connectivity index (χ3v) is 2.90. The maximum Gasteiger partial charge on any atom is 0.328 e. The van der Waals surface area contributed by atoms with Crippen molar-refractivity contribution in [2.24, 2.45) is 0 Å². The van der Waals surface area contributed by atoms with Crippen LogP contribution in [0.5, 0.6) is 0 Å². The molecule has 0 amide bonds. The lowest BCUT2D eigenvalue weighted by atomic mass is 10.2. The summed E-state index contributed by atoms with van der Waals surface area (Å²) >= 11 is 5.83. The Bertz CT molecular complexity index is 693. The number of ether oxygens (including phenoxy) is 1. The molecular weight excluding hydrogens is 292 g/mol. The molecule has 0 radical (unpaired) electrons. The van der Waals surface area contributed by atoms with Gasteiger partial charge in [-0.3, -0.25) is 14.7 Å². The topological polar surface area (TPSA) is 64.1 Å². The van der Waals surface area contributed by atoms with Crippen LogP contribution in [0.1, 0.15) is 20.8 Å². The number of carbonyl (C=O) groups is 1. The monoisotopic (exact) mass is 308 g/mol. The highest BCUT2D eigenvalue weighted by Crippen LogP contribution is 2.18. The van der Waals surface area contributed by atoms with Gasteiger partial charge in [-0.2, -0.15) is 0 Å². The SMILES string of the molecule is CC(C)(C)OC(=O)Cn1[nH]c(-c2ccc(Cl)cc2)cc1=O. The Morgan fingerprint density at radius 1 is 1.29 bits per heavy atom. The number of nitrogens with zero attached hydrogens (tertiary/aromatic N) is 1. The van der Waals surface area contributed by atoms with Crippen LogP contribution in [0.2, 0.25) is 5.02 Å². The molecule has 0 atom stereocenters. The van der Waals surface area contributed by atoms with Crippen molar-refractivity contribution in [1.82, 2.24) is 9.78 Å². The second-order valence-electron chi connectivity index (χ2n) is 5.69. The molecule has 0 unspecified atom stereocenters. The van der Waals surface area contributed by atoms with E-state index < -0.39 is 11.6 Å². The first-order chi connectivity index (χ1) is 9.74. The fourth-order valence-corrected chi connectivity index (χ4v) is 1.96. The number of nitrogens with one attached hydrogen (secondary N) is 1. The lowest BCUT2D eigenvalue weighted by Gasteiger charge is -2.19. The summed E-state index contributed by atoms with van der Waals surface area (Å²) in [4.78, 5) is 23.6. The van der Waals surface area contributed by atoms with Crippen molar-refractivity contribution < 1.29 is 9.53 Å². The van der Waals surface area contributed by atoms with Crippen molar-refractivity contribution in [3.8, 4) is 11.3 Å². The fraction of sp³-hybridized carbons (Fsp3) is 0.333. The molecule has 2 aromatic rings. The summed E-state index contributed by atoms with van der Waals surface area (Å²) in [5, 5.41) is 3.51. The van der Waals surface area contributed by atoms with Crippen LogP contribution in [0.4, 0.5) is 0 Å². The van der Waals surface area contributed by atoms with E-state index in [1.54, 1.807) is 45.0 Å². The average Bonchev–Trinajstić information content (AvgIpc) is 2.69. The first kappa shape index (κ1) is 15.4. The maximum atomic E-state index is 11.9. The lowest BCUT2D eigenvalue weighted by Crippen LogP contribution is -2.29. The number of rotatable bonds is 3. The van der Waals surface area contributed by atoms with E-state index in [9.17, 15) is 9.59 Å². The molecule has 6 heteroatoms. The third-order valence-electron chi connectivity index (χ3n) is 2.65. The summed E-state index contributed by atoms with van der Waals surface area (Å²) in [5.74, 6) is -0.464. The number of aromatic amines is 1. The van der Waals surface area contributed by atoms with Gasteiger partial charge in [0, 0.05) is 11.1 Å². The molecule has 0 aliphatic heterocycles. The summed E-state index contributed by atoms with van der Waals surface area (Å²) in [6.45, 7) is 5.19. The zero-order chi connectivity index (χ0) is 15.6. The predicted molar refractivity (Wildman–Crippen MR) is 81.3 cm³/mol. The number of esters is 1. The van der Waals surface area contributed by atoms with E-state index >= 15 is 0 Å². The van der Waals surface area contributed by atoms with Crippen LogP contribution in [0.25, 0.3) is 11.3 Å². The summed E-state index contributed by atoms with van der Waals surface area (Å²) in [7, 11) is 0. The van der Waals surface area contributed by atoms with Crippen LogP contribution in [-0.4, -0.2) is 21.4 Å². The first-order valence-electron chi connectivity index (χ1n) is 6.52. The van der Waals surface area contributed by atoms with Crippen molar-refractivity contribution in [3.05, 3.63) is 45.7 Å². The minimum atomic E-state index is -0.577. The van der Waals surface area contributed by atoms with Crippen molar-refractivity contribution in [2.45, 2.75) is 32.9 Å². The first-order valence-corrected chi connectivity index (χ1v) is 6.90. The van der Waals surface area contributed by atoms with Crippen LogP contribution in [-0.2, 0) is 16.1 Å². The van der Waals surface area contributed by atoms with E-state index in [0.717, 1.165) is 5.56 Å². The van der Waals surface area contributed by atoms with Gasteiger partial charge in [-0.25, -0.2) is 4.68 Å². The van der Waals surface area contributed by atoms with Gasteiger partial charge in [0.25, 0.3) is 5.56 Å². The number of hydrogen-bond donors (Lipinski definition) is 1. The number of aromatic nitrogens is 2. The largest absolute Gasteiger partial charge is 0.459 e. The average molecular weight is 309 g/mol. The molecular formula is C15H17ClN2O3. The van der Waals surface area contributed by atoms with Crippen LogP contribution >= 0.6 is 11.6 Å². The Kier molecular flexibility index (Phi) is 4.23. The molecule has 0 spiro atoms. The zero-order valence-corrected chi connectivity index (χ0v) is 12.9. The van der Waals surface area contributed by atoms with E-state index in [0.29, 0.717) is 10.7 Å². The Balaban J connectivity index is 2.18. The second-order valence-corrected chi connectivity index (χ2v) is 6.12. The van der Waals surface area contributed by atoms with Gasteiger partial charge >= 0.3 is 5.97 Å². The Morgan fingerprint density at radius 3 is 2.48 bits per heavy atom. The number of halogens is 1. The maximum absolute atomic E-state index is 11.9. The normalized spacial score (nSPS) is 11.4. The van der Waals surface area contributed by atoms with Gasteiger partial charge in [-0.15, -0.1) is 0 Å². The van der Waals surface area contributed by atoms with Gasteiger partial charge in [-0.05, 0) is 38.5 Å². The van der Waals surface area contributed by atoms with Crippen molar-refractivity contribution >= 4 is 17.6 Å². The minimum Gasteiger partial charge on any atom is -0.459 e. The quantitative estimate of drug-likeness (QED) is 0.887. The van der Waals surface area contributed by atoms with E-state index in [1.165, 1.54) is 10.7 Å². The molecule has 112 valence electrons. The molecule has 0 bridgehead atoms. The van der Waals surface area contributed by atoms with Crippen LogP contribution < -0.4 is 5.56 Å². The number of carbonyl (C=O) groups excluding carboxylic acids is 1. The van der Waals surface area contributed by atoms with Crippen molar-refractivity contribution in [3.63, 3.8) is 0 Å². The summed E-state index contributed by atoms with van der Waals surface area (Å²) in [6, 6.07) is 8.51. The molecule has 0 saturated carbocycles. The Labute approximate surface area is 127 Å². The highest BCUT2D eigenvalue weighted by Gasteiger charge is 2.17. The van der Waals surface area contributed by atoms with Crippen LogP contribution in [0, 0.1) is 0 Å². The molecule has 1 heterocycles. The fourth-order valence-electron chi connectivity index (χ4n) is 1.83. The Morgan fingerprint density at radius 2 is 1.90 bits per heavy atom. The molecule has 2 rings (SSSR count). The van der Waals surface area contributed by atoms with Crippen molar-refractivity contribution in [2.75, 3.05) is 0 Å². The van der Waals surface area contributed by atoms with E-state index in [4.69, 9.17) is 16.3 Å². The molecule has 1 N–H and O–H groups in total. The van der Waals surface area contributed by atoms with E-state index in [1.807, 2.05) is 0 Å². The van der Waals surface area contributed by atoms with Crippen LogP contribution in [0.3, 0.4) is 0 Å². The van der Waals surface area contributed by atoms with Gasteiger partial charge in [0.1, 0.15) is 12.1 Å². The summed E-state index contributed by atoms with van der Waals surface area (Å²) in [6.07, 6.45) is 0. The molecule has 0 aliphatic rings. The standard InChI is InChI=1S/C15H17ClN2O3/c1-15(2,3)21-14(20)9-18-13(19)8-12(17-18)10-4-6-11(16)7-5-10/h4-8,17H,9H2,1-3H3. The van der Waals surface area contributed by atoms with Crippen molar-refractivity contribution in [1.29, 1.82) is 0 Å². The van der Waals surface area contributed by atoms with Gasteiger partial charge in [0.2, 0.25) is 0 Å². The molecule has 5 nitrogen and oxygen atoms in total. The summed E-state index contributed by atoms with van der Waals surface area (Å²) in [5.41, 5.74) is 0.581. The van der Waals surface area contributed by atoms with Gasteiger partial charge in [-0.1, -0.05) is 23.7 Å². The highest BCUT2D eigenvalue weighted by molar-refractivity contribution is 6.30. The lowest BCUT2D eigenvalue weighted by molar-refractivity contribution is -0.155. The molecule has 0 aliphatic carbocycles.